The van der Waals surface area contributed by atoms with E-state index in [4.69, 9.17) is 10.2 Å². The molecule has 0 heterocycles. The van der Waals surface area contributed by atoms with Gasteiger partial charge in [-0.15, -0.1) is 0 Å². The summed E-state index contributed by atoms with van der Waals surface area (Å²) >= 11 is 0. The Morgan fingerprint density at radius 1 is 1.12 bits per heavy atom. The highest BCUT2D eigenvalue weighted by atomic mass is 16.4. The third-order valence-electron chi connectivity index (χ3n) is 3.29. The summed E-state index contributed by atoms with van der Waals surface area (Å²) in [5.41, 5.74) is -0.379. The topological polar surface area (TPSA) is 74.6 Å². The average molecular weight is 228 g/mol. The molecule has 92 valence electrons. The summed E-state index contributed by atoms with van der Waals surface area (Å²) < 4.78 is 0. The quantitative estimate of drug-likeness (QED) is 0.416. The maximum atomic E-state index is 10.9. The van der Waals surface area contributed by atoms with Gasteiger partial charge in [-0.25, -0.2) is 9.59 Å². The van der Waals surface area contributed by atoms with E-state index in [-0.39, 0.29) is 5.41 Å². The molecular formula is C12H20O4. The molecule has 0 amide bonds. The molecule has 16 heavy (non-hydrogen) atoms. The minimum absolute atomic E-state index is 0.346. The normalized spacial score (nSPS) is 14.0. The van der Waals surface area contributed by atoms with E-state index >= 15 is 0 Å². The van der Waals surface area contributed by atoms with Gasteiger partial charge in [0.25, 0.3) is 0 Å². The smallest absolute Gasteiger partial charge is 0.343 e. The van der Waals surface area contributed by atoms with Gasteiger partial charge in [0.15, 0.2) is 0 Å². The van der Waals surface area contributed by atoms with Crippen LogP contribution in [0.5, 0.6) is 0 Å². The second-order valence-electron chi connectivity index (χ2n) is 4.27. The molecule has 0 aromatic rings. The Morgan fingerprint density at radius 2 is 1.56 bits per heavy atom. The van der Waals surface area contributed by atoms with Crippen molar-refractivity contribution in [2.75, 3.05) is 0 Å². The molecule has 0 aliphatic rings. The third kappa shape index (κ3) is 3.08. The van der Waals surface area contributed by atoms with E-state index in [1.807, 2.05) is 20.8 Å². The van der Waals surface area contributed by atoms with E-state index in [1.54, 1.807) is 6.92 Å². The largest absolute Gasteiger partial charge is 0.477 e. The molecule has 0 radical (unpaired) electrons. The van der Waals surface area contributed by atoms with Gasteiger partial charge in [-0.05, 0) is 30.8 Å². The van der Waals surface area contributed by atoms with Crippen LogP contribution in [0, 0.1) is 5.41 Å². The number of carbonyl (C=O) groups is 2. The van der Waals surface area contributed by atoms with Crippen molar-refractivity contribution in [3.05, 3.63) is 11.1 Å². The van der Waals surface area contributed by atoms with Crippen molar-refractivity contribution in [2.45, 2.75) is 47.0 Å². The second-order valence-corrected chi connectivity index (χ2v) is 4.27. The first-order chi connectivity index (χ1) is 7.30. The van der Waals surface area contributed by atoms with Crippen LogP contribution in [-0.2, 0) is 9.59 Å². The molecule has 1 unspecified atom stereocenters. The van der Waals surface area contributed by atoms with Crippen LogP contribution in [0.15, 0.2) is 11.1 Å². The number of rotatable bonds is 6. The highest BCUT2D eigenvalue weighted by Crippen LogP contribution is 2.37. The monoisotopic (exact) mass is 228 g/mol. The summed E-state index contributed by atoms with van der Waals surface area (Å²) in [5.74, 6) is -2.72. The number of carboxylic acids is 2. The Hall–Kier alpha value is -1.32. The molecule has 4 heteroatoms. The molecule has 4 nitrogen and oxygen atoms in total. The van der Waals surface area contributed by atoms with Gasteiger partial charge in [0.05, 0.1) is 0 Å². The van der Waals surface area contributed by atoms with Gasteiger partial charge in [-0.1, -0.05) is 27.2 Å². The fraction of sp³-hybridized carbons (Fsp3) is 0.667. The van der Waals surface area contributed by atoms with Crippen LogP contribution in [0.1, 0.15) is 47.0 Å². The first kappa shape index (κ1) is 14.7. The molecule has 0 saturated carbocycles. The van der Waals surface area contributed by atoms with Crippen LogP contribution in [0.2, 0.25) is 0 Å². The number of hydrogen-bond acceptors (Lipinski definition) is 2. The summed E-state index contributed by atoms with van der Waals surface area (Å²) in [4.78, 5) is 21.8. The van der Waals surface area contributed by atoms with E-state index in [1.165, 1.54) is 0 Å². The van der Waals surface area contributed by atoms with Crippen molar-refractivity contribution in [3.63, 3.8) is 0 Å². The zero-order chi connectivity index (χ0) is 12.9. The van der Waals surface area contributed by atoms with Crippen molar-refractivity contribution in [3.8, 4) is 0 Å². The van der Waals surface area contributed by atoms with Crippen LogP contribution in [-0.4, -0.2) is 22.2 Å². The molecule has 0 bridgehead atoms. The second kappa shape index (κ2) is 5.68. The molecule has 0 aliphatic carbocycles. The average Bonchev–Trinajstić information content (AvgIpc) is 2.16. The molecule has 0 aliphatic heterocycles. The highest BCUT2D eigenvalue weighted by molar-refractivity contribution is 6.13. The Morgan fingerprint density at radius 3 is 1.81 bits per heavy atom. The van der Waals surface area contributed by atoms with Crippen molar-refractivity contribution in [1.29, 1.82) is 0 Å². The standard InChI is InChI=1S/C12H20O4/c1-5-7-12(4,6-2)8(3)9(10(13)14)11(15)16/h5-7H2,1-4H3,(H,13,14)(H,15,16). The first-order valence-corrected chi connectivity index (χ1v) is 5.48. The van der Waals surface area contributed by atoms with Gasteiger partial charge in [0.1, 0.15) is 5.57 Å². The van der Waals surface area contributed by atoms with E-state index in [2.05, 4.69) is 0 Å². The Bertz CT molecular complexity index is 301. The van der Waals surface area contributed by atoms with Crippen LogP contribution < -0.4 is 0 Å². The van der Waals surface area contributed by atoms with Gasteiger partial charge in [-0.2, -0.15) is 0 Å². The molecule has 0 spiro atoms. The molecule has 0 rings (SSSR count). The SMILES string of the molecule is CCCC(C)(CC)C(C)=C(C(=O)O)C(=O)O. The van der Waals surface area contributed by atoms with Gasteiger partial charge in [0, 0.05) is 0 Å². The zero-order valence-corrected chi connectivity index (χ0v) is 10.3. The minimum atomic E-state index is -1.36. The summed E-state index contributed by atoms with van der Waals surface area (Å²) in [7, 11) is 0. The van der Waals surface area contributed by atoms with Crippen molar-refractivity contribution < 1.29 is 19.8 Å². The summed E-state index contributed by atoms with van der Waals surface area (Å²) in [6.07, 6.45) is 2.42. The zero-order valence-electron chi connectivity index (χ0n) is 10.3. The molecule has 0 aromatic heterocycles. The lowest BCUT2D eigenvalue weighted by Gasteiger charge is -2.30. The Balaban J connectivity index is 5.53. The maximum absolute atomic E-state index is 10.9. The van der Waals surface area contributed by atoms with E-state index < -0.39 is 17.5 Å². The third-order valence-corrected chi connectivity index (χ3v) is 3.29. The number of allylic oxidation sites excluding steroid dienone is 1. The van der Waals surface area contributed by atoms with Crippen LogP contribution in [0.4, 0.5) is 0 Å². The molecule has 0 fully saturated rings. The number of aliphatic carboxylic acids is 2. The predicted octanol–water partition coefficient (Wildman–Crippen LogP) is 2.69. The van der Waals surface area contributed by atoms with Crippen LogP contribution >= 0.6 is 0 Å². The lowest BCUT2D eigenvalue weighted by atomic mass is 9.75. The van der Waals surface area contributed by atoms with Crippen molar-refractivity contribution in [2.24, 2.45) is 5.41 Å². The Labute approximate surface area is 96.0 Å². The van der Waals surface area contributed by atoms with Gasteiger partial charge >= 0.3 is 11.9 Å². The summed E-state index contributed by atoms with van der Waals surface area (Å²) in [5, 5.41) is 17.8. The van der Waals surface area contributed by atoms with Crippen molar-refractivity contribution in [1.82, 2.24) is 0 Å². The fourth-order valence-electron chi connectivity index (χ4n) is 1.90. The molecular weight excluding hydrogens is 208 g/mol. The number of carboxylic acid groups (broad SMARTS) is 2. The lowest BCUT2D eigenvalue weighted by Crippen LogP contribution is -2.24. The van der Waals surface area contributed by atoms with E-state index in [0.29, 0.717) is 5.57 Å². The molecule has 2 N–H and O–H groups in total. The minimum Gasteiger partial charge on any atom is -0.477 e. The maximum Gasteiger partial charge on any atom is 0.343 e. The van der Waals surface area contributed by atoms with Crippen LogP contribution in [0.3, 0.4) is 0 Å². The Kier molecular flexibility index (Phi) is 5.21. The molecule has 0 saturated heterocycles. The van der Waals surface area contributed by atoms with Gasteiger partial charge < -0.3 is 10.2 Å². The molecule has 0 aromatic carbocycles. The highest BCUT2D eigenvalue weighted by Gasteiger charge is 2.31. The van der Waals surface area contributed by atoms with Crippen LogP contribution in [0.25, 0.3) is 0 Å². The van der Waals surface area contributed by atoms with E-state index in [9.17, 15) is 9.59 Å². The van der Waals surface area contributed by atoms with Gasteiger partial charge in [0.2, 0.25) is 0 Å². The summed E-state index contributed by atoms with van der Waals surface area (Å²) in [6.45, 7) is 7.47. The fourth-order valence-corrected chi connectivity index (χ4v) is 1.90. The first-order valence-electron chi connectivity index (χ1n) is 5.48. The van der Waals surface area contributed by atoms with E-state index in [0.717, 1.165) is 19.3 Å². The van der Waals surface area contributed by atoms with Gasteiger partial charge in [-0.3, -0.25) is 0 Å². The lowest BCUT2D eigenvalue weighted by molar-refractivity contribution is -0.140. The predicted molar refractivity (Wildman–Crippen MR) is 61.3 cm³/mol. The summed E-state index contributed by atoms with van der Waals surface area (Å²) in [6, 6.07) is 0. The molecule has 1 atom stereocenters. The van der Waals surface area contributed by atoms with Crippen molar-refractivity contribution >= 4 is 11.9 Å². The number of hydrogen-bond donors (Lipinski definition) is 2.